The Morgan fingerprint density at radius 1 is 1.16 bits per heavy atom. The molecule has 2 aliphatic rings. The Morgan fingerprint density at radius 3 is 2.37 bits per heavy atom. The van der Waals surface area contributed by atoms with Gasteiger partial charge in [-0.1, -0.05) is 12.8 Å². The highest BCUT2D eigenvalue weighted by atomic mass is 32.2. The van der Waals surface area contributed by atoms with E-state index in [1.54, 1.807) is 0 Å². The highest BCUT2D eigenvalue weighted by molar-refractivity contribution is 7.89. The smallest absolute Gasteiger partial charge is 0.244 e. The maximum absolute atomic E-state index is 13.1. The second-order valence-electron chi connectivity index (χ2n) is 5.47. The Hall–Kier alpha value is -1.01. The summed E-state index contributed by atoms with van der Waals surface area (Å²) in [6.07, 6.45) is 6.84. The van der Waals surface area contributed by atoms with Gasteiger partial charge in [0, 0.05) is 19.3 Å². The summed E-state index contributed by atoms with van der Waals surface area (Å²) in [5, 5.41) is 0. The topological polar surface area (TPSA) is 50.3 Å². The number of hydrogen-bond acceptors (Lipinski definition) is 3. The van der Waals surface area contributed by atoms with Crippen molar-refractivity contribution in [1.82, 2.24) is 9.29 Å². The quantitative estimate of drug-likeness (QED) is 0.835. The zero-order chi connectivity index (χ0) is 13.5. The minimum Gasteiger partial charge on any atom is -0.260 e. The molecule has 0 aromatic carbocycles. The fraction of sp³-hybridized carbons (Fsp3) is 0.615. The van der Waals surface area contributed by atoms with E-state index in [0.717, 1.165) is 25.1 Å². The summed E-state index contributed by atoms with van der Waals surface area (Å²) in [5.41, 5.74) is 0. The highest BCUT2D eigenvalue weighted by Crippen LogP contribution is 2.38. The molecule has 0 bridgehead atoms. The second kappa shape index (κ2) is 4.83. The first kappa shape index (κ1) is 13.0. The van der Waals surface area contributed by atoms with Crippen LogP contribution >= 0.6 is 0 Å². The summed E-state index contributed by atoms with van der Waals surface area (Å²) >= 11 is 0. The Balaban J connectivity index is 1.85. The lowest BCUT2D eigenvalue weighted by molar-refractivity contribution is 0.299. The van der Waals surface area contributed by atoms with Crippen molar-refractivity contribution < 1.29 is 12.8 Å². The number of halogens is 1. The molecule has 0 radical (unpaired) electrons. The molecule has 2 atom stereocenters. The van der Waals surface area contributed by atoms with E-state index in [-0.39, 0.29) is 4.90 Å². The van der Waals surface area contributed by atoms with Crippen molar-refractivity contribution >= 4 is 10.0 Å². The number of fused-ring (bicyclic) bond motifs is 1. The Kier molecular flexibility index (Phi) is 3.30. The minimum atomic E-state index is -3.59. The summed E-state index contributed by atoms with van der Waals surface area (Å²) in [6, 6.07) is 1.05. The van der Waals surface area contributed by atoms with Crippen molar-refractivity contribution in [2.45, 2.75) is 30.6 Å². The fourth-order valence-electron chi connectivity index (χ4n) is 3.24. The Bertz CT molecular complexity index is 562. The van der Waals surface area contributed by atoms with Gasteiger partial charge in [-0.05, 0) is 30.7 Å². The van der Waals surface area contributed by atoms with Gasteiger partial charge in [-0.15, -0.1) is 0 Å². The van der Waals surface area contributed by atoms with Gasteiger partial charge in [0.05, 0.1) is 6.20 Å². The molecule has 1 aliphatic carbocycles. The van der Waals surface area contributed by atoms with Gasteiger partial charge in [0.1, 0.15) is 10.7 Å². The largest absolute Gasteiger partial charge is 0.260 e. The van der Waals surface area contributed by atoms with Crippen LogP contribution in [0.3, 0.4) is 0 Å². The van der Waals surface area contributed by atoms with Gasteiger partial charge in [0.25, 0.3) is 0 Å². The third-order valence-electron chi connectivity index (χ3n) is 4.26. The number of pyridine rings is 1. The summed E-state index contributed by atoms with van der Waals surface area (Å²) in [5.74, 6) is 0.341. The van der Waals surface area contributed by atoms with E-state index in [2.05, 4.69) is 4.98 Å². The SMILES string of the molecule is O=S(=O)(c1cncc(F)c1)N1CC2CCCCC2C1. The predicted molar refractivity (Wildman–Crippen MR) is 68.4 cm³/mol. The number of nitrogens with zero attached hydrogens (tertiary/aromatic N) is 2. The highest BCUT2D eigenvalue weighted by Gasteiger charge is 2.40. The molecular formula is C13H17FN2O2S. The Morgan fingerprint density at radius 2 is 1.79 bits per heavy atom. The number of sulfonamides is 1. The maximum atomic E-state index is 13.1. The molecule has 1 aliphatic heterocycles. The van der Waals surface area contributed by atoms with Crippen molar-refractivity contribution in [2.75, 3.05) is 13.1 Å². The van der Waals surface area contributed by atoms with Crippen LogP contribution in [0.25, 0.3) is 0 Å². The molecule has 19 heavy (non-hydrogen) atoms. The molecule has 1 saturated heterocycles. The van der Waals surface area contributed by atoms with Crippen LogP contribution in [0.1, 0.15) is 25.7 Å². The van der Waals surface area contributed by atoms with E-state index in [1.807, 2.05) is 0 Å². The first-order valence-electron chi connectivity index (χ1n) is 6.68. The van der Waals surface area contributed by atoms with E-state index in [9.17, 15) is 12.8 Å². The van der Waals surface area contributed by atoms with Gasteiger partial charge in [-0.2, -0.15) is 4.31 Å². The zero-order valence-electron chi connectivity index (χ0n) is 10.6. The third kappa shape index (κ3) is 2.39. The molecule has 1 aromatic heterocycles. The van der Waals surface area contributed by atoms with Gasteiger partial charge < -0.3 is 0 Å². The van der Waals surface area contributed by atoms with Gasteiger partial charge >= 0.3 is 0 Å². The van der Waals surface area contributed by atoms with Crippen LogP contribution < -0.4 is 0 Å². The molecule has 0 N–H and O–H groups in total. The number of rotatable bonds is 2. The lowest BCUT2D eigenvalue weighted by atomic mass is 9.82. The van der Waals surface area contributed by atoms with Crippen molar-refractivity contribution in [2.24, 2.45) is 11.8 Å². The predicted octanol–water partition coefficient (Wildman–Crippen LogP) is 2.03. The van der Waals surface area contributed by atoms with E-state index in [4.69, 9.17) is 0 Å². The molecular weight excluding hydrogens is 267 g/mol. The summed E-state index contributed by atoms with van der Waals surface area (Å²) < 4.78 is 39.5. The average Bonchev–Trinajstić information content (AvgIpc) is 2.83. The van der Waals surface area contributed by atoms with Crippen molar-refractivity contribution in [3.8, 4) is 0 Å². The van der Waals surface area contributed by atoms with Gasteiger partial charge in [0.2, 0.25) is 10.0 Å². The molecule has 2 fully saturated rings. The molecule has 4 nitrogen and oxygen atoms in total. The fourth-order valence-corrected chi connectivity index (χ4v) is 4.77. The van der Waals surface area contributed by atoms with E-state index < -0.39 is 15.8 Å². The lowest BCUT2D eigenvalue weighted by Crippen LogP contribution is -2.29. The van der Waals surface area contributed by atoms with Gasteiger partial charge in [-0.3, -0.25) is 4.98 Å². The van der Waals surface area contributed by atoms with Crippen LogP contribution in [0.2, 0.25) is 0 Å². The molecule has 2 unspecified atom stereocenters. The van der Waals surface area contributed by atoms with Crippen LogP contribution in [0.5, 0.6) is 0 Å². The zero-order valence-corrected chi connectivity index (χ0v) is 11.4. The van der Waals surface area contributed by atoms with E-state index in [1.165, 1.54) is 23.3 Å². The van der Waals surface area contributed by atoms with Gasteiger partial charge in [0.15, 0.2) is 0 Å². The first-order valence-corrected chi connectivity index (χ1v) is 8.12. The minimum absolute atomic E-state index is 0.0360. The molecule has 0 amide bonds. The molecule has 6 heteroatoms. The molecule has 0 spiro atoms. The monoisotopic (exact) mass is 284 g/mol. The molecule has 3 rings (SSSR count). The Labute approximate surface area is 112 Å². The molecule has 2 heterocycles. The maximum Gasteiger partial charge on any atom is 0.244 e. The van der Waals surface area contributed by atoms with Crippen molar-refractivity contribution in [3.05, 3.63) is 24.3 Å². The van der Waals surface area contributed by atoms with Crippen LogP contribution in [0, 0.1) is 17.7 Å². The van der Waals surface area contributed by atoms with Crippen LogP contribution in [0.15, 0.2) is 23.4 Å². The number of aromatic nitrogens is 1. The van der Waals surface area contributed by atoms with Crippen LogP contribution in [0.4, 0.5) is 4.39 Å². The normalized spacial score (nSPS) is 28.3. The van der Waals surface area contributed by atoms with Crippen molar-refractivity contribution in [1.29, 1.82) is 0 Å². The summed E-state index contributed by atoms with van der Waals surface area (Å²) in [7, 11) is -3.59. The van der Waals surface area contributed by atoms with Gasteiger partial charge in [-0.25, -0.2) is 12.8 Å². The van der Waals surface area contributed by atoms with E-state index in [0.29, 0.717) is 24.9 Å². The standard InChI is InChI=1S/C13H17FN2O2S/c14-12-5-13(7-15-6-12)19(17,18)16-8-10-3-1-2-4-11(10)9-16/h5-7,10-11H,1-4,8-9H2. The third-order valence-corrected chi connectivity index (χ3v) is 6.06. The van der Waals surface area contributed by atoms with Crippen LogP contribution in [-0.2, 0) is 10.0 Å². The molecule has 1 aromatic rings. The average molecular weight is 284 g/mol. The number of hydrogen-bond donors (Lipinski definition) is 0. The lowest BCUT2D eigenvalue weighted by Gasteiger charge is -2.22. The summed E-state index contributed by atoms with van der Waals surface area (Å²) in [4.78, 5) is 3.60. The van der Waals surface area contributed by atoms with E-state index >= 15 is 0 Å². The van der Waals surface area contributed by atoms with Crippen molar-refractivity contribution in [3.63, 3.8) is 0 Å². The molecule has 1 saturated carbocycles. The second-order valence-corrected chi connectivity index (χ2v) is 7.40. The summed E-state index contributed by atoms with van der Waals surface area (Å²) in [6.45, 7) is 1.15. The van der Waals surface area contributed by atoms with Crippen LogP contribution in [-0.4, -0.2) is 30.8 Å². The first-order chi connectivity index (χ1) is 9.07. The molecule has 104 valence electrons.